The van der Waals surface area contributed by atoms with Gasteiger partial charge in [-0.2, -0.15) is 0 Å². The van der Waals surface area contributed by atoms with Crippen molar-refractivity contribution in [3.63, 3.8) is 0 Å². The van der Waals surface area contributed by atoms with E-state index in [9.17, 15) is 19.5 Å². The van der Waals surface area contributed by atoms with Crippen molar-refractivity contribution in [2.45, 2.75) is 90.1 Å². The molecule has 16 heteroatoms. The average molecular weight is 808 g/mol. The van der Waals surface area contributed by atoms with Crippen LogP contribution in [0.3, 0.4) is 0 Å². The molecule has 0 bridgehead atoms. The molecule has 2 aliphatic rings. The number of carbonyl (C=O) groups excluding carboxylic acids is 2. The van der Waals surface area contributed by atoms with Crippen LogP contribution in [0, 0.1) is 5.92 Å². The lowest BCUT2D eigenvalue weighted by atomic mass is 10.0. The van der Waals surface area contributed by atoms with E-state index in [4.69, 9.17) is 24.4 Å². The Morgan fingerprint density at radius 3 is 2.31 bits per heavy atom. The molecule has 5 aromatic rings. The standard InChI is InChI=1S/C42H53N9O6Si/c1-26(2)37(48-41(53)56-3)40(52)49-17-7-9-34(49)38-44-23-33(47-38)28-13-11-27(12-14-28)32-22-43-31-21-29(15-16-30(31)46-32)36-24-45-39(35-10-8-18-50(35)42(54)55)51(36)25-57-19-20-58(4,5)6/h11-16,21-24,26,34-35,37H,7-10,17-20,25H2,1-6H3,(H,44,47)(H,48,53)(H,54,55)/t34-,35-,37-/m0/s1. The highest BCUT2D eigenvalue weighted by atomic mass is 28.3. The van der Waals surface area contributed by atoms with Crippen molar-refractivity contribution in [1.29, 1.82) is 0 Å². The highest BCUT2D eigenvalue weighted by Crippen LogP contribution is 2.36. The van der Waals surface area contributed by atoms with Gasteiger partial charge in [-0.1, -0.05) is 63.8 Å². The number of nitrogens with zero attached hydrogens (tertiary/aromatic N) is 7. The molecule has 3 N–H and O–H groups in total. The molecule has 0 radical (unpaired) electrons. The van der Waals surface area contributed by atoms with E-state index in [2.05, 4.69) is 34.9 Å². The number of ether oxygens (including phenoxy) is 2. The van der Waals surface area contributed by atoms with Gasteiger partial charge in [-0.3, -0.25) is 14.7 Å². The minimum atomic E-state index is -1.30. The molecule has 3 aromatic heterocycles. The van der Waals surface area contributed by atoms with Crippen LogP contribution in [0.25, 0.3) is 44.8 Å². The van der Waals surface area contributed by atoms with Crippen LogP contribution < -0.4 is 5.32 Å². The number of H-pyrrole nitrogens is 1. The van der Waals surface area contributed by atoms with Gasteiger partial charge in [-0.05, 0) is 55.3 Å². The van der Waals surface area contributed by atoms with E-state index in [0.29, 0.717) is 37.8 Å². The van der Waals surface area contributed by atoms with Crippen LogP contribution in [0.4, 0.5) is 9.59 Å². The molecule has 0 saturated carbocycles. The van der Waals surface area contributed by atoms with E-state index < -0.39 is 26.3 Å². The van der Waals surface area contributed by atoms with Crippen molar-refractivity contribution in [2.24, 2.45) is 5.92 Å². The quantitative estimate of drug-likeness (QED) is 0.0787. The number of aromatic nitrogens is 6. The van der Waals surface area contributed by atoms with Crippen LogP contribution in [0.5, 0.6) is 0 Å². The number of benzene rings is 2. The SMILES string of the molecule is COC(=O)N[C@H](C(=O)N1CCC[C@H]1c1ncc(-c2ccc(-c3cnc4cc(-c5cnc([C@@H]6CCCN6C(=O)O)n5COCC[Si](C)(C)C)ccc4n3)cc2)[nH]1)C(C)C. The van der Waals surface area contributed by atoms with Crippen LogP contribution >= 0.6 is 0 Å². The lowest BCUT2D eigenvalue weighted by molar-refractivity contribution is -0.135. The number of rotatable bonds is 13. The maximum absolute atomic E-state index is 13.6. The first kappa shape index (κ1) is 40.6. The minimum Gasteiger partial charge on any atom is -0.465 e. The Morgan fingerprint density at radius 2 is 1.60 bits per heavy atom. The zero-order valence-corrected chi connectivity index (χ0v) is 35.1. The Kier molecular flexibility index (Phi) is 12.0. The summed E-state index contributed by atoms with van der Waals surface area (Å²) in [6, 6.07) is 13.7. The van der Waals surface area contributed by atoms with E-state index in [1.54, 1.807) is 23.5 Å². The summed E-state index contributed by atoms with van der Waals surface area (Å²) in [6.07, 6.45) is 6.91. The van der Waals surface area contributed by atoms with E-state index in [-0.39, 0.29) is 30.6 Å². The molecule has 0 spiro atoms. The molecular formula is C42H53N9O6Si. The van der Waals surface area contributed by atoms with Crippen LogP contribution in [-0.2, 0) is 21.0 Å². The Bertz CT molecular complexity index is 2270. The van der Waals surface area contributed by atoms with Crippen molar-refractivity contribution in [3.8, 4) is 33.8 Å². The van der Waals surface area contributed by atoms with Gasteiger partial charge in [-0.15, -0.1) is 0 Å². The molecular weight excluding hydrogens is 755 g/mol. The smallest absolute Gasteiger partial charge is 0.407 e. The Morgan fingerprint density at radius 1 is 0.897 bits per heavy atom. The number of hydrogen-bond acceptors (Lipinski definition) is 9. The minimum absolute atomic E-state index is 0.112. The predicted octanol–water partition coefficient (Wildman–Crippen LogP) is 7.72. The number of carbonyl (C=O) groups is 3. The molecule has 2 aromatic carbocycles. The molecule has 0 aliphatic carbocycles. The van der Waals surface area contributed by atoms with Gasteiger partial charge < -0.3 is 34.3 Å². The zero-order chi connectivity index (χ0) is 41.1. The summed E-state index contributed by atoms with van der Waals surface area (Å²) in [4.78, 5) is 63.5. The predicted molar refractivity (Wildman–Crippen MR) is 222 cm³/mol. The second kappa shape index (κ2) is 17.1. The van der Waals surface area contributed by atoms with Gasteiger partial charge in [0.2, 0.25) is 5.91 Å². The first-order chi connectivity index (χ1) is 27.8. The third-order valence-corrected chi connectivity index (χ3v) is 12.8. The van der Waals surface area contributed by atoms with Gasteiger partial charge in [0.05, 0.1) is 65.9 Å². The maximum Gasteiger partial charge on any atom is 0.407 e. The molecule has 2 saturated heterocycles. The van der Waals surface area contributed by atoms with Gasteiger partial charge in [0.1, 0.15) is 24.4 Å². The zero-order valence-electron chi connectivity index (χ0n) is 34.1. The second-order valence-corrected chi connectivity index (χ2v) is 22.3. The summed E-state index contributed by atoms with van der Waals surface area (Å²) >= 11 is 0. The number of amides is 3. The average Bonchev–Trinajstić information content (AvgIpc) is 4.04. The van der Waals surface area contributed by atoms with E-state index in [1.807, 2.05) is 60.9 Å². The van der Waals surface area contributed by atoms with E-state index in [0.717, 1.165) is 70.1 Å². The summed E-state index contributed by atoms with van der Waals surface area (Å²) < 4.78 is 13.0. The lowest BCUT2D eigenvalue weighted by Gasteiger charge is -2.30. The van der Waals surface area contributed by atoms with Crippen molar-refractivity contribution in [3.05, 3.63) is 72.7 Å². The number of aromatic amines is 1. The lowest BCUT2D eigenvalue weighted by Crippen LogP contribution is -2.51. The molecule has 3 atom stereocenters. The van der Waals surface area contributed by atoms with Crippen LogP contribution in [0.2, 0.25) is 25.7 Å². The number of imidazole rings is 2. The molecule has 58 heavy (non-hydrogen) atoms. The fraction of sp³-hybridized carbons (Fsp3) is 0.452. The molecule has 2 aliphatic heterocycles. The fourth-order valence-corrected chi connectivity index (χ4v) is 8.55. The van der Waals surface area contributed by atoms with Gasteiger partial charge in [-0.25, -0.2) is 24.5 Å². The van der Waals surface area contributed by atoms with Crippen molar-refractivity contribution in [1.82, 2.24) is 44.6 Å². The van der Waals surface area contributed by atoms with Gasteiger partial charge >= 0.3 is 12.2 Å². The molecule has 2 fully saturated rings. The molecule has 15 nitrogen and oxygen atoms in total. The monoisotopic (exact) mass is 807 g/mol. The first-order valence-corrected chi connectivity index (χ1v) is 23.7. The summed E-state index contributed by atoms with van der Waals surface area (Å²) in [6.45, 7) is 12.7. The van der Waals surface area contributed by atoms with Crippen LogP contribution in [0.1, 0.15) is 63.3 Å². The molecule has 0 unspecified atom stereocenters. The molecule has 306 valence electrons. The van der Waals surface area contributed by atoms with Crippen LogP contribution in [0.15, 0.2) is 61.1 Å². The fourth-order valence-electron chi connectivity index (χ4n) is 7.80. The number of hydrogen-bond donors (Lipinski definition) is 3. The normalized spacial score (nSPS) is 17.6. The van der Waals surface area contributed by atoms with Gasteiger partial charge in [0.25, 0.3) is 0 Å². The molecule has 3 amide bonds. The van der Waals surface area contributed by atoms with Gasteiger partial charge in [0, 0.05) is 38.9 Å². The molecule has 5 heterocycles. The summed E-state index contributed by atoms with van der Waals surface area (Å²) in [7, 11) is -0.00995. The highest BCUT2D eigenvalue weighted by Gasteiger charge is 2.38. The number of nitrogens with one attached hydrogen (secondary N) is 2. The first-order valence-electron chi connectivity index (χ1n) is 20.0. The van der Waals surface area contributed by atoms with Crippen molar-refractivity contribution >= 4 is 37.2 Å². The summed E-state index contributed by atoms with van der Waals surface area (Å²) in [5.74, 6) is 1.14. The van der Waals surface area contributed by atoms with Crippen LogP contribution in [-0.4, -0.2) is 103 Å². The number of alkyl carbamates (subject to hydrolysis) is 1. The summed E-state index contributed by atoms with van der Waals surface area (Å²) in [5.41, 5.74) is 6.62. The number of likely N-dealkylation sites (tertiary alicyclic amines) is 2. The number of carboxylic acid groups (broad SMARTS) is 1. The van der Waals surface area contributed by atoms with Crippen molar-refractivity contribution in [2.75, 3.05) is 26.8 Å². The summed E-state index contributed by atoms with van der Waals surface area (Å²) in [5, 5.41) is 12.6. The third kappa shape index (κ3) is 8.77. The Hall–Kier alpha value is -5.61. The molecule has 7 rings (SSSR count). The number of fused-ring (bicyclic) bond motifs is 1. The van der Waals surface area contributed by atoms with Crippen molar-refractivity contribution < 1.29 is 29.0 Å². The second-order valence-electron chi connectivity index (χ2n) is 16.7. The van der Waals surface area contributed by atoms with Gasteiger partial charge in [0.15, 0.2) is 0 Å². The number of methoxy groups -OCH3 is 1. The Balaban J connectivity index is 1.08. The van der Waals surface area contributed by atoms with E-state index >= 15 is 0 Å². The maximum atomic E-state index is 13.6. The topological polar surface area (TPSA) is 181 Å². The highest BCUT2D eigenvalue weighted by molar-refractivity contribution is 6.76. The third-order valence-electron chi connectivity index (χ3n) is 11.1. The van der Waals surface area contributed by atoms with E-state index in [1.165, 1.54) is 12.0 Å². The Labute approximate surface area is 339 Å². The largest absolute Gasteiger partial charge is 0.465 e.